The van der Waals surface area contributed by atoms with Crippen LogP contribution in [-0.2, 0) is 0 Å². The molecule has 3 aromatic carbocycles. The second kappa shape index (κ2) is 17.3. The minimum atomic E-state index is 0. The third-order valence-corrected chi connectivity index (χ3v) is 8.64. The number of aromatic amines is 8. The fraction of sp³-hybridized carbons (Fsp3) is 0. The van der Waals surface area contributed by atoms with Crippen LogP contribution in [0.4, 0.5) is 0 Å². The van der Waals surface area contributed by atoms with E-state index in [-0.39, 0.29) is 29.6 Å². The molecule has 0 aliphatic rings. The summed E-state index contributed by atoms with van der Waals surface area (Å²) in [7, 11) is 0. The normalized spacial score (nSPS) is 10.4. The molecule has 8 N–H and O–H groups in total. The van der Waals surface area contributed by atoms with Gasteiger partial charge in [-0.3, -0.25) is 0 Å². The molecule has 0 spiro atoms. The molecule has 0 saturated heterocycles. The van der Waals surface area contributed by atoms with E-state index in [0.29, 0.717) is 14.3 Å². The van der Waals surface area contributed by atoms with E-state index in [1.165, 1.54) is 32.3 Å². The molecule has 246 valence electrons. The molecule has 13 heteroatoms. The van der Waals surface area contributed by atoms with Crippen molar-refractivity contribution in [2.75, 3.05) is 0 Å². The van der Waals surface area contributed by atoms with Crippen LogP contribution in [0.15, 0.2) is 146 Å². The van der Waals surface area contributed by atoms with Gasteiger partial charge in [-0.2, -0.15) is 0 Å². The number of pyridine rings is 6. The average Bonchev–Trinajstić information content (AvgIpc) is 3.18. The number of hydrogen-bond acceptors (Lipinski definition) is 3. The summed E-state index contributed by atoms with van der Waals surface area (Å²) in [5.74, 6) is 0. The first-order valence-corrected chi connectivity index (χ1v) is 17.2. The Morgan fingerprint density at radius 3 is 0.750 bits per heavy atom. The zero-order valence-electron chi connectivity index (χ0n) is 28.0. The number of aromatic nitrogens is 9. The van der Waals surface area contributed by atoms with Crippen LogP contribution in [-0.4, -0.2) is 9.97 Å². The van der Waals surface area contributed by atoms with E-state index in [1.54, 1.807) is 0 Å². The van der Waals surface area contributed by atoms with E-state index in [9.17, 15) is 0 Å². The smallest absolute Gasteiger partial charge is 0.394 e. The molecule has 10 aromatic rings. The third kappa shape index (κ3) is 8.62. The minimum absolute atomic E-state index is 0. The maximum atomic E-state index is 4.70. The summed E-state index contributed by atoms with van der Waals surface area (Å²) in [4.78, 5) is 28.5. The van der Waals surface area contributed by atoms with Crippen LogP contribution in [0.2, 0.25) is 0 Å². The quantitative estimate of drug-likeness (QED) is 0.140. The summed E-state index contributed by atoms with van der Waals surface area (Å²) in [6, 6.07) is 37.4. The zero-order valence-corrected chi connectivity index (χ0v) is 32.5. The Bertz CT molecular complexity index is 2480. The van der Waals surface area contributed by atoms with E-state index < -0.39 is 0 Å². The summed E-state index contributed by atoms with van der Waals surface area (Å²) in [5, 5.41) is 7.35. The van der Waals surface area contributed by atoms with Gasteiger partial charge in [0.2, 0.25) is 0 Å². The SMILES string of the molecule is S=c1[n-]c(=S)[nH]c(=S)[nH]1.[Na+].c1c[nH+]c2c(c1)ccc1ccc[nH+]c12.c1c[nH+]c2c(c1)ccc1ccc[nH+]c12.c1c[nH+]c2c(c1)ccc1ccc[nH+]c12. The number of nitrogens with zero attached hydrogens (tertiary/aromatic N) is 1. The predicted molar refractivity (Wildman–Crippen MR) is 205 cm³/mol. The van der Waals surface area contributed by atoms with Crippen molar-refractivity contribution in [2.24, 2.45) is 0 Å². The first kappa shape index (κ1) is 36.6. The molecule has 0 aliphatic carbocycles. The largest absolute Gasteiger partial charge is 1.00 e. The number of fused-ring (bicyclic) bond motifs is 9. The molecule has 0 atom stereocenters. The maximum absolute atomic E-state index is 4.70. The molecule has 7 aromatic heterocycles. The van der Waals surface area contributed by atoms with Crippen molar-refractivity contribution in [3.8, 4) is 0 Å². The summed E-state index contributed by atoms with van der Waals surface area (Å²) in [5.41, 5.74) is 6.95. The molecular weight excluding hydrogens is 714 g/mol. The van der Waals surface area contributed by atoms with Crippen LogP contribution < -0.4 is 64.4 Å². The number of rotatable bonds is 0. The molecule has 10 rings (SSSR count). The Balaban J connectivity index is 0.000000120. The van der Waals surface area contributed by atoms with E-state index in [1.807, 2.05) is 73.6 Å². The van der Waals surface area contributed by atoms with Crippen molar-refractivity contribution in [2.45, 2.75) is 0 Å². The molecule has 0 aliphatic heterocycles. The Kier molecular flexibility index (Phi) is 12.2. The first-order valence-electron chi connectivity index (χ1n) is 16.0. The Morgan fingerprint density at radius 1 is 0.346 bits per heavy atom. The molecule has 0 amide bonds. The van der Waals surface area contributed by atoms with Gasteiger partial charge >= 0.3 is 29.6 Å². The third-order valence-electron chi connectivity index (χ3n) is 8.05. The molecule has 9 nitrogen and oxygen atoms in total. The van der Waals surface area contributed by atoms with E-state index in [4.69, 9.17) is 12.2 Å². The molecule has 52 heavy (non-hydrogen) atoms. The predicted octanol–water partition coefficient (Wildman–Crippen LogP) is 3.36. The summed E-state index contributed by atoms with van der Waals surface area (Å²) in [6.45, 7) is 0. The summed E-state index contributed by atoms with van der Waals surface area (Å²) < 4.78 is 1.06. The molecule has 0 bridgehead atoms. The van der Waals surface area contributed by atoms with Gasteiger partial charge in [-0.15, -0.1) is 0 Å². The van der Waals surface area contributed by atoms with E-state index in [2.05, 4.69) is 142 Å². The fourth-order valence-electron chi connectivity index (χ4n) is 5.74. The second-order valence-corrected chi connectivity index (χ2v) is 12.5. The van der Waals surface area contributed by atoms with Gasteiger partial charge in [-0.1, -0.05) is 36.7 Å². The van der Waals surface area contributed by atoms with Crippen LogP contribution in [0.25, 0.3) is 65.4 Å². The van der Waals surface area contributed by atoms with Gasteiger partial charge in [-0.05, 0) is 72.8 Å². The van der Waals surface area contributed by atoms with E-state index >= 15 is 0 Å². The van der Waals surface area contributed by atoms with Crippen LogP contribution in [0.1, 0.15) is 0 Å². The number of benzene rings is 3. The van der Waals surface area contributed by atoms with Crippen molar-refractivity contribution in [3.63, 3.8) is 0 Å². The van der Waals surface area contributed by atoms with Crippen molar-refractivity contribution in [1.82, 2.24) is 15.0 Å². The molecule has 0 unspecified atom stereocenters. The van der Waals surface area contributed by atoms with Gasteiger partial charge < -0.3 is 15.0 Å². The minimum Gasteiger partial charge on any atom is -0.394 e. The average molecular weight is 746 g/mol. The van der Waals surface area contributed by atoms with Crippen molar-refractivity contribution < 1.29 is 59.5 Å². The molecule has 0 fully saturated rings. The summed E-state index contributed by atoms with van der Waals surface area (Å²) in [6.07, 6.45) is 11.7. The van der Waals surface area contributed by atoms with Gasteiger partial charge in [-0.25, -0.2) is 29.9 Å². The second-order valence-electron chi connectivity index (χ2n) is 11.3. The first-order chi connectivity index (χ1) is 25.0. The van der Waals surface area contributed by atoms with E-state index in [0.717, 1.165) is 33.1 Å². The Hall–Kier alpha value is -5.21. The van der Waals surface area contributed by atoms with Crippen LogP contribution >= 0.6 is 36.7 Å². The van der Waals surface area contributed by atoms with Gasteiger partial charge in [0.15, 0.2) is 37.2 Å². The molecule has 7 heterocycles. The van der Waals surface area contributed by atoms with Gasteiger partial charge in [0.05, 0.1) is 46.6 Å². The van der Waals surface area contributed by atoms with Gasteiger partial charge in [0.25, 0.3) is 33.1 Å². The van der Waals surface area contributed by atoms with Crippen LogP contribution in [0.5, 0.6) is 0 Å². The standard InChI is InChI=1S/3C12H8N2.C3H3N3S3.Na/c3*1-3-9-5-6-10-4-2-8-14-12(10)11(9)13-7-1;7-1-4-2(8)6-3(9)5-1;/h3*1-8H;(H3,4,5,6,7,8,9);/q;;;;+1/p+5. The van der Waals surface area contributed by atoms with Crippen LogP contribution in [0.3, 0.4) is 0 Å². The number of hydrogen-bond donors (Lipinski definition) is 2. The van der Waals surface area contributed by atoms with Gasteiger partial charge in [0, 0.05) is 36.4 Å². The number of nitrogens with one attached hydrogen (secondary N) is 8. The summed E-state index contributed by atoms with van der Waals surface area (Å²) >= 11 is 14.0. The zero-order chi connectivity index (χ0) is 35.0. The van der Waals surface area contributed by atoms with Gasteiger partial charge in [0.1, 0.15) is 0 Å². The Morgan fingerprint density at radius 2 is 0.558 bits per heavy atom. The monoisotopic (exact) mass is 745 g/mol. The van der Waals surface area contributed by atoms with Crippen molar-refractivity contribution in [1.29, 1.82) is 0 Å². The van der Waals surface area contributed by atoms with Crippen molar-refractivity contribution in [3.05, 3.63) is 161 Å². The van der Waals surface area contributed by atoms with Crippen LogP contribution in [0, 0.1) is 14.3 Å². The number of H-pyrrole nitrogens is 8. The molecular formula is C39H32N9NaS3+6. The Labute approximate surface area is 334 Å². The van der Waals surface area contributed by atoms with Crippen molar-refractivity contribution >= 4 is 102 Å². The molecule has 0 radical (unpaired) electrons. The molecule has 0 saturated carbocycles. The maximum Gasteiger partial charge on any atom is 1.00 e. The topological polar surface area (TPSA) is 131 Å². The fourth-order valence-corrected chi connectivity index (χ4v) is 6.51.